The highest BCUT2D eigenvalue weighted by Gasteiger charge is 2.08. The second kappa shape index (κ2) is 8.99. The SMILES string of the molecule is CC(=O)Nc1ccc(CC(=O)NCc2ccccc2C[NH+](C)C)cc1. The van der Waals surface area contributed by atoms with Gasteiger partial charge in [-0.1, -0.05) is 36.4 Å². The molecule has 2 rings (SSSR count). The number of benzene rings is 2. The van der Waals surface area contributed by atoms with Crippen LogP contribution in [0.1, 0.15) is 23.6 Å². The molecule has 25 heavy (non-hydrogen) atoms. The minimum Gasteiger partial charge on any atom is -0.352 e. The molecule has 0 atom stereocenters. The average molecular weight is 340 g/mol. The van der Waals surface area contributed by atoms with Gasteiger partial charge in [-0.3, -0.25) is 9.59 Å². The Bertz CT molecular complexity index is 724. The van der Waals surface area contributed by atoms with Gasteiger partial charge in [0.1, 0.15) is 6.54 Å². The fourth-order valence-electron chi connectivity index (χ4n) is 2.63. The maximum atomic E-state index is 12.2. The van der Waals surface area contributed by atoms with E-state index in [9.17, 15) is 9.59 Å². The monoisotopic (exact) mass is 340 g/mol. The minimum absolute atomic E-state index is 0.0146. The van der Waals surface area contributed by atoms with E-state index in [2.05, 4.69) is 36.9 Å². The Morgan fingerprint density at radius 3 is 2.20 bits per heavy atom. The molecule has 0 saturated heterocycles. The zero-order chi connectivity index (χ0) is 18.2. The summed E-state index contributed by atoms with van der Waals surface area (Å²) < 4.78 is 0. The van der Waals surface area contributed by atoms with Crippen molar-refractivity contribution in [2.75, 3.05) is 19.4 Å². The van der Waals surface area contributed by atoms with Crippen LogP contribution in [-0.4, -0.2) is 25.9 Å². The molecule has 0 aliphatic rings. The second-order valence-electron chi connectivity index (χ2n) is 6.48. The number of quaternary nitrogens is 1. The first-order valence-electron chi connectivity index (χ1n) is 8.43. The Morgan fingerprint density at radius 1 is 0.960 bits per heavy atom. The van der Waals surface area contributed by atoms with Crippen LogP contribution in [0, 0.1) is 0 Å². The number of carbonyl (C=O) groups excluding carboxylic acids is 2. The maximum absolute atomic E-state index is 12.2. The molecule has 0 saturated carbocycles. The molecule has 0 fully saturated rings. The fourth-order valence-corrected chi connectivity index (χ4v) is 2.63. The summed E-state index contributed by atoms with van der Waals surface area (Å²) in [6.07, 6.45) is 0.321. The molecular weight excluding hydrogens is 314 g/mol. The van der Waals surface area contributed by atoms with E-state index in [-0.39, 0.29) is 11.8 Å². The summed E-state index contributed by atoms with van der Waals surface area (Å²) in [6.45, 7) is 2.93. The Hall–Kier alpha value is -2.66. The van der Waals surface area contributed by atoms with E-state index in [1.165, 1.54) is 17.4 Å². The molecule has 5 nitrogen and oxygen atoms in total. The summed E-state index contributed by atoms with van der Waals surface area (Å²) in [5.41, 5.74) is 4.05. The third kappa shape index (κ3) is 6.39. The van der Waals surface area contributed by atoms with Crippen LogP contribution in [0.15, 0.2) is 48.5 Å². The van der Waals surface area contributed by atoms with E-state index in [1.807, 2.05) is 24.3 Å². The first kappa shape index (κ1) is 18.7. The largest absolute Gasteiger partial charge is 0.352 e. The van der Waals surface area contributed by atoms with Gasteiger partial charge in [0, 0.05) is 24.7 Å². The second-order valence-corrected chi connectivity index (χ2v) is 6.48. The Kier molecular flexibility index (Phi) is 6.71. The van der Waals surface area contributed by atoms with Crippen molar-refractivity contribution in [3.05, 3.63) is 65.2 Å². The highest BCUT2D eigenvalue weighted by atomic mass is 16.2. The summed E-state index contributed by atoms with van der Waals surface area (Å²) in [4.78, 5) is 24.6. The van der Waals surface area contributed by atoms with Gasteiger partial charge < -0.3 is 15.5 Å². The van der Waals surface area contributed by atoms with Crippen LogP contribution in [0.25, 0.3) is 0 Å². The normalized spacial score (nSPS) is 10.6. The molecule has 132 valence electrons. The molecule has 0 bridgehead atoms. The van der Waals surface area contributed by atoms with Crippen molar-refractivity contribution in [1.82, 2.24) is 5.32 Å². The standard InChI is InChI=1S/C20H25N3O2/c1-15(24)22-19-10-8-16(9-11-19)12-20(25)21-13-17-6-4-5-7-18(17)14-23(2)3/h4-11H,12-14H2,1-3H3,(H,21,25)(H,22,24)/p+1. The van der Waals surface area contributed by atoms with Gasteiger partial charge in [-0.25, -0.2) is 0 Å². The molecule has 0 unspecified atom stereocenters. The number of rotatable bonds is 7. The van der Waals surface area contributed by atoms with Crippen molar-refractivity contribution in [2.24, 2.45) is 0 Å². The third-order valence-corrected chi connectivity index (χ3v) is 3.78. The lowest BCUT2D eigenvalue weighted by atomic mass is 10.1. The molecule has 0 aliphatic heterocycles. The van der Waals surface area contributed by atoms with Crippen molar-refractivity contribution < 1.29 is 14.5 Å². The predicted octanol–water partition coefficient (Wildman–Crippen LogP) is 1.15. The molecule has 0 aromatic heterocycles. The topological polar surface area (TPSA) is 62.6 Å². The number of amides is 2. The van der Waals surface area contributed by atoms with E-state index >= 15 is 0 Å². The number of nitrogens with one attached hydrogen (secondary N) is 3. The van der Waals surface area contributed by atoms with Crippen LogP contribution in [0.3, 0.4) is 0 Å². The van der Waals surface area contributed by atoms with Crippen molar-refractivity contribution in [3.8, 4) is 0 Å². The zero-order valence-corrected chi connectivity index (χ0v) is 15.1. The van der Waals surface area contributed by atoms with E-state index in [1.54, 1.807) is 12.1 Å². The highest BCUT2D eigenvalue weighted by molar-refractivity contribution is 5.88. The van der Waals surface area contributed by atoms with E-state index in [0.717, 1.165) is 23.4 Å². The predicted molar refractivity (Wildman–Crippen MR) is 99.3 cm³/mol. The lowest BCUT2D eigenvalue weighted by Gasteiger charge is -2.13. The van der Waals surface area contributed by atoms with Gasteiger partial charge in [-0.15, -0.1) is 0 Å². The van der Waals surface area contributed by atoms with Crippen LogP contribution in [-0.2, 0) is 29.1 Å². The molecule has 2 aromatic rings. The molecule has 0 spiro atoms. The summed E-state index contributed by atoms with van der Waals surface area (Å²) >= 11 is 0. The number of hydrogen-bond donors (Lipinski definition) is 3. The fraction of sp³-hybridized carbons (Fsp3) is 0.300. The van der Waals surface area contributed by atoms with E-state index in [0.29, 0.717) is 13.0 Å². The molecule has 0 heterocycles. The Balaban J connectivity index is 1.90. The molecular formula is C20H26N3O2+. The van der Waals surface area contributed by atoms with E-state index in [4.69, 9.17) is 0 Å². The highest BCUT2D eigenvalue weighted by Crippen LogP contribution is 2.11. The molecule has 3 N–H and O–H groups in total. The minimum atomic E-state index is -0.108. The maximum Gasteiger partial charge on any atom is 0.224 e. The third-order valence-electron chi connectivity index (χ3n) is 3.78. The van der Waals surface area contributed by atoms with Gasteiger partial charge in [0.25, 0.3) is 0 Å². The van der Waals surface area contributed by atoms with Crippen molar-refractivity contribution in [2.45, 2.75) is 26.4 Å². The first-order chi connectivity index (χ1) is 11.9. The first-order valence-corrected chi connectivity index (χ1v) is 8.43. The lowest BCUT2D eigenvalue weighted by molar-refractivity contribution is -0.872. The van der Waals surface area contributed by atoms with Crippen LogP contribution < -0.4 is 15.5 Å². The van der Waals surface area contributed by atoms with Gasteiger partial charge in [-0.2, -0.15) is 0 Å². The van der Waals surface area contributed by atoms with Crippen LogP contribution >= 0.6 is 0 Å². The van der Waals surface area contributed by atoms with Gasteiger partial charge in [-0.05, 0) is 23.3 Å². The molecule has 2 amide bonds. The molecule has 2 aromatic carbocycles. The summed E-state index contributed by atoms with van der Waals surface area (Å²) in [7, 11) is 4.22. The zero-order valence-electron chi connectivity index (χ0n) is 15.1. The summed E-state index contributed by atoms with van der Waals surface area (Å²) in [6, 6.07) is 15.5. The van der Waals surface area contributed by atoms with Crippen LogP contribution in [0.4, 0.5) is 5.69 Å². The summed E-state index contributed by atoms with van der Waals surface area (Å²) in [5, 5.41) is 5.70. The van der Waals surface area contributed by atoms with E-state index < -0.39 is 0 Å². The molecule has 0 aliphatic carbocycles. The number of carbonyl (C=O) groups is 2. The van der Waals surface area contributed by atoms with Crippen molar-refractivity contribution in [1.29, 1.82) is 0 Å². The van der Waals surface area contributed by atoms with Gasteiger partial charge in [0.15, 0.2) is 0 Å². The lowest BCUT2D eigenvalue weighted by Crippen LogP contribution is -3.04. The molecule has 5 heteroatoms. The average Bonchev–Trinajstić information content (AvgIpc) is 2.55. The van der Waals surface area contributed by atoms with Crippen molar-refractivity contribution >= 4 is 17.5 Å². The quantitative estimate of drug-likeness (QED) is 0.708. The van der Waals surface area contributed by atoms with Crippen LogP contribution in [0.5, 0.6) is 0 Å². The van der Waals surface area contributed by atoms with Gasteiger partial charge in [0.2, 0.25) is 11.8 Å². The van der Waals surface area contributed by atoms with Gasteiger partial charge in [0.05, 0.1) is 20.5 Å². The summed E-state index contributed by atoms with van der Waals surface area (Å²) in [5.74, 6) is -0.122. The number of anilines is 1. The number of hydrogen-bond acceptors (Lipinski definition) is 2. The van der Waals surface area contributed by atoms with Crippen LogP contribution in [0.2, 0.25) is 0 Å². The molecule has 0 radical (unpaired) electrons. The smallest absolute Gasteiger partial charge is 0.224 e. The Labute approximate surface area is 149 Å². The van der Waals surface area contributed by atoms with Gasteiger partial charge >= 0.3 is 0 Å². The van der Waals surface area contributed by atoms with Crippen molar-refractivity contribution in [3.63, 3.8) is 0 Å². The Morgan fingerprint density at radius 2 is 1.60 bits per heavy atom.